The maximum atomic E-state index is 12.7. The van der Waals surface area contributed by atoms with Crippen LogP contribution < -0.4 is 15.2 Å². The average Bonchev–Trinajstić information content (AvgIpc) is 2.83. The second-order valence-corrected chi connectivity index (χ2v) is 7.90. The molecular formula is C28H20N2O3. The van der Waals surface area contributed by atoms with Crippen LogP contribution in [-0.2, 0) is 0 Å². The third-order valence-corrected chi connectivity index (χ3v) is 5.90. The molecule has 160 valence electrons. The summed E-state index contributed by atoms with van der Waals surface area (Å²) in [6.45, 7) is 1.86. The van der Waals surface area contributed by atoms with Gasteiger partial charge in [0.2, 0.25) is 5.88 Å². The van der Waals surface area contributed by atoms with E-state index in [0.717, 1.165) is 27.5 Å². The van der Waals surface area contributed by atoms with Gasteiger partial charge in [0.25, 0.3) is 0 Å². The van der Waals surface area contributed by atoms with Crippen molar-refractivity contribution in [3.63, 3.8) is 0 Å². The van der Waals surface area contributed by atoms with E-state index >= 15 is 0 Å². The summed E-state index contributed by atoms with van der Waals surface area (Å²) in [6.07, 6.45) is 0. The summed E-state index contributed by atoms with van der Waals surface area (Å²) in [7, 11) is 0. The van der Waals surface area contributed by atoms with Crippen molar-refractivity contribution >= 4 is 16.7 Å². The minimum absolute atomic E-state index is 0.0466. The first-order valence-electron chi connectivity index (χ1n) is 10.5. The molecule has 0 fully saturated rings. The lowest BCUT2D eigenvalue weighted by atomic mass is 9.81. The quantitative estimate of drug-likeness (QED) is 0.337. The number of carbonyl (C=O) groups excluding carboxylic acids is 1. The molecule has 0 aromatic heterocycles. The van der Waals surface area contributed by atoms with Gasteiger partial charge in [-0.05, 0) is 41.0 Å². The number of hydrogen-bond acceptors (Lipinski definition) is 5. The summed E-state index contributed by atoms with van der Waals surface area (Å²) < 4.78 is 11.4. The molecule has 0 spiro atoms. The average molecular weight is 432 g/mol. The SMILES string of the molecule is Cc1ccccc1C(=O)Oc1ccc2c(c1)OC(N)=C(C#N)C2c1cccc2ccccc12. The van der Waals surface area contributed by atoms with Crippen molar-refractivity contribution in [1.29, 1.82) is 5.26 Å². The Hall–Kier alpha value is -4.56. The van der Waals surface area contributed by atoms with Gasteiger partial charge in [-0.3, -0.25) is 0 Å². The molecule has 1 aliphatic heterocycles. The summed E-state index contributed by atoms with van der Waals surface area (Å²) >= 11 is 0. The van der Waals surface area contributed by atoms with E-state index < -0.39 is 11.9 Å². The van der Waals surface area contributed by atoms with Crippen LogP contribution in [-0.4, -0.2) is 5.97 Å². The number of fused-ring (bicyclic) bond motifs is 2. The van der Waals surface area contributed by atoms with Crippen LogP contribution in [0, 0.1) is 18.3 Å². The molecule has 0 saturated carbocycles. The number of carbonyl (C=O) groups is 1. The summed E-state index contributed by atoms with van der Waals surface area (Å²) in [5.74, 6) is -0.00151. The zero-order valence-electron chi connectivity index (χ0n) is 17.9. The highest BCUT2D eigenvalue weighted by molar-refractivity contribution is 5.92. The van der Waals surface area contributed by atoms with E-state index in [1.54, 1.807) is 24.3 Å². The molecule has 4 aromatic carbocycles. The Morgan fingerprint density at radius 1 is 0.970 bits per heavy atom. The summed E-state index contributed by atoms with van der Waals surface area (Å²) in [5.41, 5.74) is 9.59. The molecule has 33 heavy (non-hydrogen) atoms. The van der Waals surface area contributed by atoms with E-state index in [9.17, 15) is 10.1 Å². The van der Waals surface area contributed by atoms with Gasteiger partial charge in [0, 0.05) is 11.6 Å². The fraction of sp³-hybridized carbons (Fsp3) is 0.0714. The van der Waals surface area contributed by atoms with Gasteiger partial charge in [-0.2, -0.15) is 5.26 Å². The van der Waals surface area contributed by atoms with Crippen molar-refractivity contribution in [3.8, 4) is 17.6 Å². The van der Waals surface area contributed by atoms with Gasteiger partial charge in [0.1, 0.15) is 23.1 Å². The van der Waals surface area contributed by atoms with Crippen LogP contribution in [0.2, 0.25) is 0 Å². The van der Waals surface area contributed by atoms with Gasteiger partial charge in [-0.25, -0.2) is 4.79 Å². The number of nitriles is 1. The molecule has 2 N–H and O–H groups in total. The lowest BCUT2D eigenvalue weighted by Crippen LogP contribution is -2.21. The predicted octanol–water partition coefficient (Wildman–Crippen LogP) is 5.59. The Balaban J connectivity index is 1.58. The Kier molecular flexibility index (Phi) is 5.04. The van der Waals surface area contributed by atoms with E-state index in [1.165, 1.54) is 0 Å². The van der Waals surface area contributed by atoms with Gasteiger partial charge in [-0.15, -0.1) is 0 Å². The first kappa shape index (κ1) is 20.3. The highest BCUT2D eigenvalue weighted by Crippen LogP contribution is 2.45. The zero-order valence-corrected chi connectivity index (χ0v) is 17.9. The lowest BCUT2D eigenvalue weighted by Gasteiger charge is -2.27. The van der Waals surface area contributed by atoms with Gasteiger partial charge < -0.3 is 15.2 Å². The van der Waals surface area contributed by atoms with Crippen LogP contribution in [0.15, 0.2) is 96.4 Å². The highest BCUT2D eigenvalue weighted by Gasteiger charge is 2.32. The van der Waals surface area contributed by atoms with Crippen LogP contribution in [0.4, 0.5) is 0 Å². The lowest BCUT2D eigenvalue weighted by molar-refractivity contribution is 0.0733. The summed E-state index contributed by atoms with van der Waals surface area (Å²) in [6, 6.07) is 28.7. The van der Waals surface area contributed by atoms with Crippen molar-refractivity contribution in [2.75, 3.05) is 0 Å². The zero-order chi connectivity index (χ0) is 22.9. The number of ether oxygens (including phenoxy) is 2. The van der Waals surface area contributed by atoms with Crippen LogP contribution in [0.5, 0.6) is 11.5 Å². The molecule has 0 radical (unpaired) electrons. The van der Waals surface area contributed by atoms with Crippen LogP contribution in [0.3, 0.4) is 0 Å². The molecule has 1 heterocycles. The number of nitrogens with zero attached hydrogens (tertiary/aromatic N) is 1. The van der Waals surface area contributed by atoms with Crippen LogP contribution in [0.1, 0.15) is 33.0 Å². The molecule has 1 aliphatic rings. The van der Waals surface area contributed by atoms with Gasteiger partial charge in [0.15, 0.2) is 0 Å². The van der Waals surface area contributed by atoms with E-state index in [1.807, 2.05) is 67.6 Å². The van der Waals surface area contributed by atoms with E-state index in [2.05, 4.69) is 6.07 Å². The molecule has 5 rings (SSSR count). The summed E-state index contributed by atoms with van der Waals surface area (Å²) in [5, 5.41) is 12.0. The normalized spacial score (nSPS) is 14.8. The highest BCUT2D eigenvalue weighted by atomic mass is 16.5. The van der Waals surface area contributed by atoms with Crippen molar-refractivity contribution in [1.82, 2.24) is 0 Å². The monoisotopic (exact) mass is 432 g/mol. The van der Waals surface area contributed by atoms with Crippen molar-refractivity contribution in [2.24, 2.45) is 5.73 Å². The molecule has 0 amide bonds. The molecule has 5 nitrogen and oxygen atoms in total. The Labute approximate surface area is 191 Å². The molecule has 1 atom stereocenters. The van der Waals surface area contributed by atoms with Gasteiger partial charge in [-0.1, -0.05) is 66.7 Å². The topological polar surface area (TPSA) is 85.3 Å². The van der Waals surface area contributed by atoms with Gasteiger partial charge >= 0.3 is 5.97 Å². The number of benzene rings is 4. The molecule has 0 aliphatic carbocycles. The Bertz CT molecular complexity index is 1480. The minimum atomic E-state index is -0.448. The Morgan fingerprint density at radius 2 is 1.73 bits per heavy atom. The van der Waals surface area contributed by atoms with E-state index in [-0.39, 0.29) is 5.88 Å². The molecule has 4 aromatic rings. The number of aryl methyl sites for hydroxylation is 1. The largest absolute Gasteiger partial charge is 0.440 e. The molecule has 1 unspecified atom stereocenters. The van der Waals surface area contributed by atoms with Crippen molar-refractivity contribution in [2.45, 2.75) is 12.8 Å². The third-order valence-electron chi connectivity index (χ3n) is 5.90. The smallest absolute Gasteiger partial charge is 0.343 e. The predicted molar refractivity (Wildman–Crippen MR) is 126 cm³/mol. The maximum Gasteiger partial charge on any atom is 0.343 e. The number of rotatable bonds is 3. The van der Waals surface area contributed by atoms with Crippen molar-refractivity contribution < 1.29 is 14.3 Å². The molecule has 0 bridgehead atoms. The first-order valence-corrected chi connectivity index (χ1v) is 10.5. The standard InChI is InChI=1S/C28H20N2O3/c1-17-7-2-4-10-20(17)28(31)32-19-13-14-23-25(15-19)33-27(30)24(16-29)26(23)22-12-6-9-18-8-3-5-11-21(18)22/h2-15,26H,30H2,1H3. The number of hydrogen-bond donors (Lipinski definition) is 1. The maximum absolute atomic E-state index is 12.7. The number of nitrogens with two attached hydrogens (primary N) is 1. The van der Waals surface area contributed by atoms with E-state index in [4.69, 9.17) is 15.2 Å². The number of allylic oxidation sites excluding steroid dienone is 1. The fourth-order valence-electron chi connectivity index (χ4n) is 4.29. The third kappa shape index (κ3) is 3.58. The first-order chi connectivity index (χ1) is 16.1. The van der Waals surface area contributed by atoms with Crippen molar-refractivity contribution in [3.05, 3.63) is 119 Å². The molecule has 5 heteroatoms. The van der Waals surface area contributed by atoms with Gasteiger partial charge in [0.05, 0.1) is 11.5 Å². The fourth-order valence-corrected chi connectivity index (χ4v) is 4.29. The number of esters is 1. The summed E-state index contributed by atoms with van der Waals surface area (Å²) in [4.78, 5) is 12.7. The van der Waals surface area contributed by atoms with E-state index in [0.29, 0.717) is 22.6 Å². The van der Waals surface area contributed by atoms with Crippen LogP contribution >= 0.6 is 0 Å². The second-order valence-electron chi connectivity index (χ2n) is 7.90. The van der Waals surface area contributed by atoms with Crippen LogP contribution in [0.25, 0.3) is 10.8 Å². The second kappa shape index (κ2) is 8.18. The Morgan fingerprint density at radius 3 is 2.55 bits per heavy atom. The minimum Gasteiger partial charge on any atom is -0.440 e. The molecular weight excluding hydrogens is 412 g/mol. The molecule has 0 saturated heterocycles.